The second-order valence-electron chi connectivity index (χ2n) is 4.08. The lowest BCUT2D eigenvalue weighted by atomic mass is 9.81. The van der Waals surface area contributed by atoms with Gasteiger partial charge in [0.1, 0.15) is 0 Å². The largest absolute Gasteiger partial charge is 0.355 e. The van der Waals surface area contributed by atoms with E-state index in [1.54, 1.807) is 0 Å². The van der Waals surface area contributed by atoms with Gasteiger partial charge in [-0.3, -0.25) is 4.79 Å². The Morgan fingerprint density at radius 1 is 1.50 bits per heavy atom. The zero-order valence-corrected chi connectivity index (χ0v) is 9.24. The summed E-state index contributed by atoms with van der Waals surface area (Å²) in [7, 11) is 0. The van der Waals surface area contributed by atoms with Gasteiger partial charge < -0.3 is 5.32 Å². The molecular formula is C9H19NOS. The molecule has 72 valence electrons. The lowest BCUT2D eigenvalue weighted by molar-refractivity contribution is -0.119. The molecule has 3 heteroatoms. The van der Waals surface area contributed by atoms with Crippen LogP contribution >= 0.6 is 12.6 Å². The Balaban J connectivity index is 3.83. The Labute approximate surface area is 80.5 Å². The minimum Gasteiger partial charge on any atom is -0.355 e. The third-order valence-electron chi connectivity index (χ3n) is 2.45. The summed E-state index contributed by atoms with van der Waals surface area (Å²) in [5.41, 5.74) is 0.165. The van der Waals surface area contributed by atoms with Crippen molar-refractivity contribution in [3.63, 3.8) is 0 Å². The lowest BCUT2D eigenvalue weighted by Gasteiger charge is -2.29. The summed E-state index contributed by atoms with van der Waals surface area (Å²) in [5.74, 6) is 0.846. The van der Waals surface area contributed by atoms with Crippen LogP contribution in [0.25, 0.3) is 0 Å². The molecule has 0 heterocycles. The topological polar surface area (TPSA) is 29.1 Å². The highest BCUT2D eigenvalue weighted by Gasteiger charge is 2.22. The maximum Gasteiger partial charge on any atom is 0.229 e. The zero-order chi connectivity index (χ0) is 9.78. The van der Waals surface area contributed by atoms with Crippen LogP contribution in [-0.2, 0) is 4.79 Å². The van der Waals surface area contributed by atoms with Crippen molar-refractivity contribution in [1.29, 1.82) is 0 Å². The molecule has 12 heavy (non-hydrogen) atoms. The standard InChI is InChI=1S/C9H19NOS/c1-7(2)9(3,4)6-10-8(11)5-12/h7,12H,5-6H2,1-4H3,(H,10,11). The lowest BCUT2D eigenvalue weighted by Crippen LogP contribution is -2.37. The molecule has 2 nitrogen and oxygen atoms in total. The minimum absolute atomic E-state index is 0.00654. The van der Waals surface area contributed by atoms with Crippen molar-refractivity contribution < 1.29 is 4.79 Å². The maximum absolute atomic E-state index is 10.9. The highest BCUT2D eigenvalue weighted by molar-refractivity contribution is 7.81. The third-order valence-corrected chi connectivity index (χ3v) is 2.73. The predicted molar refractivity (Wildman–Crippen MR) is 55.5 cm³/mol. The molecular weight excluding hydrogens is 170 g/mol. The van der Waals surface area contributed by atoms with E-state index in [2.05, 4.69) is 45.6 Å². The number of rotatable bonds is 4. The van der Waals surface area contributed by atoms with Gasteiger partial charge in [-0.2, -0.15) is 12.6 Å². The summed E-state index contributed by atoms with van der Waals surface area (Å²) in [6, 6.07) is 0. The summed E-state index contributed by atoms with van der Waals surface area (Å²) in [5, 5.41) is 2.84. The van der Waals surface area contributed by atoms with Gasteiger partial charge in [-0.1, -0.05) is 27.7 Å². The van der Waals surface area contributed by atoms with Crippen molar-refractivity contribution in [2.75, 3.05) is 12.3 Å². The van der Waals surface area contributed by atoms with Crippen LogP contribution in [0.15, 0.2) is 0 Å². The fourth-order valence-corrected chi connectivity index (χ4v) is 0.698. The predicted octanol–water partition coefficient (Wildman–Crippen LogP) is 1.71. The van der Waals surface area contributed by atoms with E-state index in [1.807, 2.05) is 0 Å². The van der Waals surface area contributed by atoms with E-state index in [4.69, 9.17) is 0 Å². The first kappa shape index (κ1) is 11.8. The Morgan fingerprint density at radius 3 is 2.33 bits per heavy atom. The molecule has 0 fully saturated rings. The number of carbonyl (C=O) groups excluding carboxylic acids is 1. The molecule has 0 atom stereocenters. The molecule has 0 radical (unpaired) electrons. The van der Waals surface area contributed by atoms with Gasteiger partial charge in [-0.25, -0.2) is 0 Å². The molecule has 0 aliphatic heterocycles. The summed E-state index contributed by atoms with van der Waals surface area (Å²) in [6.07, 6.45) is 0. The van der Waals surface area contributed by atoms with E-state index in [-0.39, 0.29) is 17.1 Å². The van der Waals surface area contributed by atoms with Crippen molar-refractivity contribution in [2.24, 2.45) is 11.3 Å². The van der Waals surface area contributed by atoms with Crippen molar-refractivity contribution in [1.82, 2.24) is 5.32 Å². The van der Waals surface area contributed by atoms with E-state index in [0.29, 0.717) is 5.92 Å². The maximum atomic E-state index is 10.9. The molecule has 0 saturated heterocycles. The smallest absolute Gasteiger partial charge is 0.229 e. The molecule has 0 aromatic carbocycles. The summed E-state index contributed by atoms with van der Waals surface area (Å²) in [6.45, 7) is 9.34. The quantitative estimate of drug-likeness (QED) is 0.648. The van der Waals surface area contributed by atoms with Gasteiger partial charge >= 0.3 is 0 Å². The normalized spacial score (nSPS) is 11.8. The van der Waals surface area contributed by atoms with E-state index in [1.165, 1.54) is 0 Å². The fraction of sp³-hybridized carbons (Fsp3) is 0.889. The number of carbonyl (C=O) groups is 1. The SMILES string of the molecule is CC(C)C(C)(C)CNC(=O)CS. The van der Waals surface area contributed by atoms with Gasteiger partial charge in [0.25, 0.3) is 0 Å². The van der Waals surface area contributed by atoms with E-state index in [0.717, 1.165) is 6.54 Å². The molecule has 0 unspecified atom stereocenters. The molecule has 0 saturated carbocycles. The fourth-order valence-electron chi connectivity index (χ4n) is 0.586. The van der Waals surface area contributed by atoms with Crippen LogP contribution in [0.1, 0.15) is 27.7 Å². The van der Waals surface area contributed by atoms with Gasteiger partial charge in [0.2, 0.25) is 5.91 Å². The minimum atomic E-state index is 0.00654. The van der Waals surface area contributed by atoms with E-state index in [9.17, 15) is 4.79 Å². The van der Waals surface area contributed by atoms with Crippen molar-refractivity contribution in [2.45, 2.75) is 27.7 Å². The summed E-state index contributed by atoms with van der Waals surface area (Å²) >= 11 is 3.88. The Kier molecular flexibility index (Phi) is 4.68. The van der Waals surface area contributed by atoms with Crippen LogP contribution in [0, 0.1) is 11.3 Å². The van der Waals surface area contributed by atoms with Crippen molar-refractivity contribution in [3.05, 3.63) is 0 Å². The summed E-state index contributed by atoms with van der Waals surface area (Å²) < 4.78 is 0. The van der Waals surface area contributed by atoms with E-state index < -0.39 is 0 Å². The third kappa shape index (κ3) is 4.00. The van der Waals surface area contributed by atoms with Gasteiger partial charge in [0.15, 0.2) is 0 Å². The van der Waals surface area contributed by atoms with Gasteiger partial charge in [-0.15, -0.1) is 0 Å². The van der Waals surface area contributed by atoms with Crippen LogP contribution in [-0.4, -0.2) is 18.2 Å². The Bertz CT molecular complexity index is 155. The van der Waals surface area contributed by atoms with Crippen LogP contribution < -0.4 is 5.32 Å². The first-order chi connectivity index (χ1) is 5.40. The average molecular weight is 189 g/mol. The highest BCUT2D eigenvalue weighted by Crippen LogP contribution is 2.24. The van der Waals surface area contributed by atoms with Crippen LogP contribution in [0.2, 0.25) is 0 Å². The molecule has 0 aromatic rings. The molecule has 1 amide bonds. The number of hydrogen-bond acceptors (Lipinski definition) is 2. The van der Waals surface area contributed by atoms with Gasteiger partial charge in [0.05, 0.1) is 5.75 Å². The first-order valence-corrected chi connectivity index (χ1v) is 4.91. The highest BCUT2D eigenvalue weighted by atomic mass is 32.1. The Morgan fingerprint density at radius 2 is 2.00 bits per heavy atom. The van der Waals surface area contributed by atoms with E-state index >= 15 is 0 Å². The monoisotopic (exact) mass is 189 g/mol. The molecule has 0 aromatic heterocycles. The zero-order valence-electron chi connectivity index (χ0n) is 8.35. The van der Waals surface area contributed by atoms with Crippen LogP contribution in [0.5, 0.6) is 0 Å². The molecule has 0 rings (SSSR count). The molecule has 0 aliphatic rings. The molecule has 0 bridgehead atoms. The van der Waals surface area contributed by atoms with Gasteiger partial charge in [0, 0.05) is 6.54 Å². The molecule has 0 aliphatic carbocycles. The second kappa shape index (κ2) is 4.75. The molecule has 1 N–H and O–H groups in total. The van der Waals surface area contributed by atoms with Crippen LogP contribution in [0.4, 0.5) is 0 Å². The Hall–Kier alpha value is -0.180. The number of thiol groups is 1. The second-order valence-corrected chi connectivity index (χ2v) is 4.39. The first-order valence-electron chi connectivity index (χ1n) is 4.27. The summed E-state index contributed by atoms with van der Waals surface area (Å²) in [4.78, 5) is 10.9. The van der Waals surface area contributed by atoms with Crippen molar-refractivity contribution >= 4 is 18.5 Å². The number of hydrogen-bond donors (Lipinski definition) is 2. The molecule has 0 spiro atoms. The number of amides is 1. The van der Waals surface area contributed by atoms with Gasteiger partial charge in [-0.05, 0) is 11.3 Å². The number of nitrogens with one attached hydrogen (secondary N) is 1. The van der Waals surface area contributed by atoms with Crippen LogP contribution in [0.3, 0.4) is 0 Å². The average Bonchev–Trinajstić information content (AvgIpc) is 2.00. The van der Waals surface area contributed by atoms with Crippen molar-refractivity contribution in [3.8, 4) is 0 Å².